The lowest BCUT2D eigenvalue weighted by molar-refractivity contribution is -0.143. The number of primary amides is 1. The Morgan fingerprint density at radius 2 is 1.77 bits per heavy atom. The first kappa shape index (κ1) is 29.7. The average molecular weight is 493 g/mol. The number of hydrogen-bond donors (Lipinski definition) is 4. The summed E-state index contributed by atoms with van der Waals surface area (Å²) in [7, 11) is 0. The molecule has 0 aliphatic heterocycles. The van der Waals surface area contributed by atoms with E-state index in [0.29, 0.717) is 12.0 Å². The number of phenolic OH excluding ortho intramolecular Hbond substituents is 1. The standard InChI is InChI=1S/C25H40N4O6/c1-7-10-16(3)27-22(32)21(17-11-9-12-18(30)14-17)29(13-8-2)23(33)19(15-20(26)31)28-24(34)35-25(4,5)6/h9,11-12,14,16,19,21,30H,7-8,10,13,15H2,1-6H3,(H2,26,31)(H,27,32)(H,28,34). The second-order valence-electron chi connectivity index (χ2n) is 9.60. The maximum atomic E-state index is 13.7. The average Bonchev–Trinajstić information content (AvgIpc) is 2.71. The summed E-state index contributed by atoms with van der Waals surface area (Å²) >= 11 is 0. The molecule has 1 aromatic rings. The first-order chi connectivity index (χ1) is 16.3. The zero-order chi connectivity index (χ0) is 26.8. The van der Waals surface area contributed by atoms with Crippen LogP contribution in [0.1, 0.15) is 78.8 Å². The number of alkyl carbamates (subject to hydrolysis) is 1. The molecular formula is C25H40N4O6. The van der Waals surface area contributed by atoms with Gasteiger partial charge in [-0.25, -0.2) is 4.79 Å². The summed E-state index contributed by atoms with van der Waals surface area (Å²) in [4.78, 5) is 52.6. The second-order valence-corrected chi connectivity index (χ2v) is 9.60. The van der Waals surface area contributed by atoms with Gasteiger partial charge in [-0.05, 0) is 58.2 Å². The van der Waals surface area contributed by atoms with Gasteiger partial charge in [0.2, 0.25) is 17.7 Å². The maximum absolute atomic E-state index is 13.7. The van der Waals surface area contributed by atoms with Gasteiger partial charge < -0.3 is 31.1 Å². The van der Waals surface area contributed by atoms with Gasteiger partial charge in [0, 0.05) is 12.6 Å². The Bertz CT molecular complexity index is 883. The predicted molar refractivity (Wildman–Crippen MR) is 132 cm³/mol. The Kier molecular flexibility index (Phi) is 11.5. The molecule has 3 unspecified atom stereocenters. The van der Waals surface area contributed by atoms with Crippen LogP contribution in [0.25, 0.3) is 0 Å². The largest absolute Gasteiger partial charge is 0.508 e. The lowest BCUT2D eigenvalue weighted by Crippen LogP contribution is -2.54. The van der Waals surface area contributed by atoms with E-state index in [9.17, 15) is 24.3 Å². The topological polar surface area (TPSA) is 151 Å². The number of phenols is 1. The minimum Gasteiger partial charge on any atom is -0.508 e. The van der Waals surface area contributed by atoms with E-state index in [-0.39, 0.29) is 18.3 Å². The van der Waals surface area contributed by atoms with Crippen LogP contribution in [0.2, 0.25) is 0 Å². The summed E-state index contributed by atoms with van der Waals surface area (Å²) in [6.07, 6.45) is 0.734. The summed E-state index contributed by atoms with van der Waals surface area (Å²) in [5.74, 6) is -1.96. The molecule has 0 fully saturated rings. The molecule has 10 heteroatoms. The lowest BCUT2D eigenvalue weighted by Gasteiger charge is -2.34. The number of hydrogen-bond acceptors (Lipinski definition) is 6. The molecule has 4 amide bonds. The highest BCUT2D eigenvalue weighted by Crippen LogP contribution is 2.26. The third-order valence-electron chi connectivity index (χ3n) is 5.00. The number of amides is 4. The van der Waals surface area contributed by atoms with E-state index in [1.807, 2.05) is 20.8 Å². The highest BCUT2D eigenvalue weighted by molar-refractivity contribution is 5.94. The van der Waals surface area contributed by atoms with Gasteiger partial charge in [0.1, 0.15) is 23.4 Å². The highest BCUT2D eigenvalue weighted by atomic mass is 16.6. The van der Waals surface area contributed by atoms with Crippen molar-refractivity contribution in [3.8, 4) is 5.75 Å². The highest BCUT2D eigenvalue weighted by Gasteiger charge is 2.37. The van der Waals surface area contributed by atoms with E-state index in [2.05, 4.69) is 10.6 Å². The molecule has 0 saturated carbocycles. The van der Waals surface area contributed by atoms with E-state index < -0.39 is 47.9 Å². The van der Waals surface area contributed by atoms with Gasteiger partial charge in [-0.15, -0.1) is 0 Å². The van der Waals surface area contributed by atoms with Crippen LogP contribution in [0.3, 0.4) is 0 Å². The van der Waals surface area contributed by atoms with E-state index in [4.69, 9.17) is 10.5 Å². The zero-order valence-electron chi connectivity index (χ0n) is 21.6. The van der Waals surface area contributed by atoms with Crippen molar-refractivity contribution in [3.63, 3.8) is 0 Å². The molecule has 1 aromatic carbocycles. The van der Waals surface area contributed by atoms with E-state index >= 15 is 0 Å². The van der Waals surface area contributed by atoms with Crippen LogP contribution < -0.4 is 16.4 Å². The van der Waals surface area contributed by atoms with Crippen molar-refractivity contribution in [1.29, 1.82) is 0 Å². The molecule has 10 nitrogen and oxygen atoms in total. The number of ether oxygens (including phenoxy) is 1. The number of nitrogens with one attached hydrogen (secondary N) is 2. The van der Waals surface area contributed by atoms with Crippen LogP contribution in [-0.2, 0) is 19.1 Å². The van der Waals surface area contributed by atoms with Crippen molar-refractivity contribution in [3.05, 3.63) is 29.8 Å². The van der Waals surface area contributed by atoms with Gasteiger partial charge >= 0.3 is 6.09 Å². The van der Waals surface area contributed by atoms with Crippen LogP contribution in [-0.4, -0.2) is 58.1 Å². The zero-order valence-corrected chi connectivity index (χ0v) is 21.6. The summed E-state index contributed by atoms with van der Waals surface area (Å²) in [5, 5.41) is 15.4. The number of carbonyl (C=O) groups is 4. The van der Waals surface area contributed by atoms with Gasteiger partial charge in [-0.2, -0.15) is 0 Å². The van der Waals surface area contributed by atoms with Crippen molar-refractivity contribution in [1.82, 2.24) is 15.5 Å². The molecule has 0 spiro atoms. The van der Waals surface area contributed by atoms with Gasteiger partial charge in [-0.3, -0.25) is 14.4 Å². The monoisotopic (exact) mass is 492 g/mol. The van der Waals surface area contributed by atoms with Crippen LogP contribution in [0.4, 0.5) is 4.79 Å². The number of nitrogens with two attached hydrogens (primary N) is 1. The second kappa shape index (κ2) is 13.6. The SMILES string of the molecule is CCCC(C)NC(=O)C(c1cccc(O)c1)N(CCC)C(=O)C(CC(N)=O)NC(=O)OC(C)(C)C. The number of carbonyl (C=O) groups excluding carboxylic acids is 4. The molecule has 0 aliphatic rings. The van der Waals surface area contributed by atoms with Crippen molar-refractivity contribution in [2.24, 2.45) is 5.73 Å². The Hall–Kier alpha value is -3.30. The molecule has 1 rings (SSSR count). The van der Waals surface area contributed by atoms with Crippen molar-refractivity contribution < 1.29 is 29.0 Å². The minimum atomic E-state index is -1.34. The molecule has 0 aromatic heterocycles. The number of benzene rings is 1. The Labute approximate surface area is 207 Å². The number of aromatic hydroxyl groups is 1. The van der Waals surface area contributed by atoms with Crippen LogP contribution in [0.5, 0.6) is 5.75 Å². The molecule has 0 heterocycles. The number of rotatable bonds is 12. The Morgan fingerprint density at radius 3 is 2.29 bits per heavy atom. The molecule has 35 heavy (non-hydrogen) atoms. The van der Waals surface area contributed by atoms with E-state index in [1.165, 1.54) is 17.0 Å². The first-order valence-electron chi connectivity index (χ1n) is 12.0. The quantitative estimate of drug-likeness (QED) is 0.352. The molecule has 3 atom stereocenters. The van der Waals surface area contributed by atoms with Gasteiger partial charge in [0.25, 0.3) is 0 Å². The van der Waals surface area contributed by atoms with Crippen molar-refractivity contribution >= 4 is 23.8 Å². The third-order valence-corrected chi connectivity index (χ3v) is 5.00. The Balaban J connectivity index is 3.43. The summed E-state index contributed by atoms with van der Waals surface area (Å²) in [6.45, 7) is 10.9. The summed E-state index contributed by atoms with van der Waals surface area (Å²) < 4.78 is 5.24. The fraction of sp³-hybridized carbons (Fsp3) is 0.600. The van der Waals surface area contributed by atoms with E-state index in [0.717, 1.165) is 12.8 Å². The first-order valence-corrected chi connectivity index (χ1v) is 12.0. The minimum absolute atomic E-state index is 0.0635. The molecule has 0 radical (unpaired) electrons. The molecular weight excluding hydrogens is 452 g/mol. The smallest absolute Gasteiger partial charge is 0.408 e. The van der Waals surface area contributed by atoms with Crippen molar-refractivity contribution in [2.45, 2.75) is 91.0 Å². The van der Waals surface area contributed by atoms with Crippen LogP contribution >= 0.6 is 0 Å². The number of nitrogens with zero attached hydrogens (tertiary/aromatic N) is 1. The molecule has 5 N–H and O–H groups in total. The molecule has 0 aliphatic carbocycles. The van der Waals surface area contributed by atoms with Crippen LogP contribution in [0.15, 0.2) is 24.3 Å². The van der Waals surface area contributed by atoms with Gasteiger partial charge in [0.05, 0.1) is 6.42 Å². The molecule has 0 bridgehead atoms. The summed E-state index contributed by atoms with van der Waals surface area (Å²) in [5.41, 5.74) is 4.93. The normalized spacial score (nSPS) is 13.8. The molecule has 0 saturated heterocycles. The lowest BCUT2D eigenvalue weighted by atomic mass is 10.0. The fourth-order valence-electron chi connectivity index (χ4n) is 3.65. The van der Waals surface area contributed by atoms with Crippen LogP contribution in [0, 0.1) is 0 Å². The fourth-order valence-corrected chi connectivity index (χ4v) is 3.65. The Morgan fingerprint density at radius 1 is 1.11 bits per heavy atom. The van der Waals surface area contributed by atoms with Gasteiger partial charge in [-0.1, -0.05) is 32.4 Å². The predicted octanol–water partition coefficient (Wildman–Crippen LogP) is 2.75. The van der Waals surface area contributed by atoms with Crippen molar-refractivity contribution in [2.75, 3.05) is 6.54 Å². The van der Waals surface area contributed by atoms with E-state index in [1.54, 1.807) is 32.9 Å². The third kappa shape index (κ3) is 10.2. The summed E-state index contributed by atoms with van der Waals surface area (Å²) in [6, 6.07) is 3.49. The molecule has 196 valence electrons. The maximum Gasteiger partial charge on any atom is 0.408 e. The van der Waals surface area contributed by atoms with Gasteiger partial charge in [0.15, 0.2) is 0 Å².